The molecule has 4 rings (SSSR count). The quantitative estimate of drug-likeness (QED) is 0.759. The van der Waals surface area contributed by atoms with Crippen LogP contribution in [-0.2, 0) is 4.79 Å². The Bertz CT molecular complexity index is 464. The van der Waals surface area contributed by atoms with E-state index >= 15 is 0 Å². The van der Waals surface area contributed by atoms with Gasteiger partial charge in [0.25, 0.3) is 0 Å². The van der Waals surface area contributed by atoms with Gasteiger partial charge in [-0.2, -0.15) is 0 Å². The molecule has 4 fully saturated rings. The van der Waals surface area contributed by atoms with Gasteiger partial charge in [0.1, 0.15) is 0 Å². The summed E-state index contributed by atoms with van der Waals surface area (Å²) in [4.78, 5) is 11.1. The van der Waals surface area contributed by atoms with Crippen molar-refractivity contribution in [1.29, 1.82) is 0 Å². The normalized spacial score (nSPS) is 45.1. The third kappa shape index (κ3) is 2.77. The van der Waals surface area contributed by atoms with Crippen LogP contribution in [0.2, 0.25) is 0 Å². The van der Waals surface area contributed by atoms with Gasteiger partial charge < -0.3 is 10.4 Å². The molecule has 118 valence electrons. The highest BCUT2D eigenvalue weighted by atomic mass is 16.4. The molecular weight excluding hydrogens is 262 g/mol. The highest BCUT2D eigenvalue weighted by Crippen LogP contribution is 2.66. The minimum Gasteiger partial charge on any atom is -0.478 e. The van der Waals surface area contributed by atoms with Crippen LogP contribution in [0.5, 0.6) is 0 Å². The van der Waals surface area contributed by atoms with Crippen molar-refractivity contribution in [2.24, 2.45) is 16.7 Å². The van der Waals surface area contributed by atoms with Gasteiger partial charge in [0.05, 0.1) is 0 Å². The zero-order valence-electron chi connectivity index (χ0n) is 13.7. The first-order valence-corrected chi connectivity index (χ1v) is 8.45. The lowest BCUT2D eigenvalue weighted by molar-refractivity contribution is -0.132. The first-order valence-electron chi connectivity index (χ1n) is 8.45. The standard InChI is InChI=1S/C18H29NO2/c1-4-14(15(20)21)5-6-19-18-9-13-7-16(2,11-18)10-17(3,8-13)12-18/h5,13,19H,4,6-12H2,1-3H3,(H,20,21). The van der Waals surface area contributed by atoms with Crippen LogP contribution in [0.25, 0.3) is 0 Å². The highest BCUT2D eigenvalue weighted by molar-refractivity contribution is 5.86. The summed E-state index contributed by atoms with van der Waals surface area (Å²) in [5, 5.41) is 12.9. The molecule has 0 aromatic heterocycles. The van der Waals surface area contributed by atoms with Crippen LogP contribution in [-0.4, -0.2) is 23.2 Å². The zero-order valence-corrected chi connectivity index (χ0v) is 13.7. The van der Waals surface area contributed by atoms with E-state index in [1.54, 1.807) is 0 Å². The first kappa shape index (κ1) is 15.1. The molecule has 21 heavy (non-hydrogen) atoms. The van der Waals surface area contributed by atoms with E-state index in [0.717, 1.165) is 5.92 Å². The van der Waals surface area contributed by atoms with Crippen molar-refractivity contribution < 1.29 is 9.90 Å². The number of carbonyl (C=O) groups is 1. The largest absolute Gasteiger partial charge is 0.478 e. The van der Waals surface area contributed by atoms with E-state index in [4.69, 9.17) is 5.11 Å². The molecule has 2 N–H and O–H groups in total. The van der Waals surface area contributed by atoms with Gasteiger partial charge in [-0.3, -0.25) is 0 Å². The van der Waals surface area contributed by atoms with Gasteiger partial charge in [-0.15, -0.1) is 0 Å². The minimum atomic E-state index is -0.774. The Hall–Kier alpha value is -0.830. The second kappa shape index (κ2) is 4.84. The lowest BCUT2D eigenvalue weighted by Crippen LogP contribution is -2.64. The van der Waals surface area contributed by atoms with Gasteiger partial charge in [0.2, 0.25) is 0 Å². The van der Waals surface area contributed by atoms with Crippen molar-refractivity contribution in [3.63, 3.8) is 0 Å². The summed E-state index contributed by atoms with van der Waals surface area (Å²) in [5.41, 5.74) is 1.80. The summed E-state index contributed by atoms with van der Waals surface area (Å²) >= 11 is 0. The fourth-order valence-corrected chi connectivity index (χ4v) is 6.42. The summed E-state index contributed by atoms with van der Waals surface area (Å²) < 4.78 is 0. The Morgan fingerprint density at radius 2 is 1.81 bits per heavy atom. The fourth-order valence-electron chi connectivity index (χ4n) is 6.42. The van der Waals surface area contributed by atoms with Gasteiger partial charge in [-0.05, 0) is 61.7 Å². The van der Waals surface area contributed by atoms with Crippen molar-refractivity contribution in [2.45, 2.75) is 71.3 Å². The number of aliphatic carboxylic acids is 1. The van der Waals surface area contributed by atoms with E-state index in [1.807, 2.05) is 13.0 Å². The highest BCUT2D eigenvalue weighted by Gasteiger charge is 2.59. The molecule has 2 atom stereocenters. The molecule has 0 aromatic carbocycles. The van der Waals surface area contributed by atoms with Crippen molar-refractivity contribution in [3.8, 4) is 0 Å². The average Bonchev–Trinajstić information content (AvgIpc) is 2.29. The summed E-state index contributed by atoms with van der Waals surface area (Å²) in [5.74, 6) is 0.0987. The molecular formula is C18H29NO2. The number of hydrogen-bond acceptors (Lipinski definition) is 2. The molecule has 2 unspecified atom stereocenters. The van der Waals surface area contributed by atoms with Crippen molar-refractivity contribution in [2.75, 3.05) is 6.54 Å². The Balaban J connectivity index is 1.72. The molecule has 4 saturated carbocycles. The van der Waals surface area contributed by atoms with E-state index in [-0.39, 0.29) is 5.54 Å². The molecule has 0 aliphatic heterocycles. The summed E-state index contributed by atoms with van der Waals surface area (Å²) in [6, 6.07) is 0. The second-order valence-electron chi connectivity index (χ2n) is 8.68. The minimum absolute atomic E-state index is 0.261. The van der Waals surface area contributed by atoms with Gasteiger partial charge in [0, 0.05) is 17.7 Å². The van der Waals surface area contributed by atoms with Crippen LogP contribution in [0.15, 0.2) is 11.6 Å². The summed E-state index contributed by atoms with van der Waals surface area (Å²) in [7, 11) is 0. The van der Waals surface area contributed by atoms with Crippen LogP contribution in [0.3, 0.4) is 0 Å². The smallest absolute Gasteiger partial charge is 0.331 e. The third-order valence-electron chi connectivity index (χ3n) is 6.11. The third-order valence-corrected chi connectivity index (χ3v) is 6.11. The monoisotopic (exact) mass is 291 g/mol. The van der Waals surface area contributed by atoms with E-state index in [1.165, 1.54) is 38.5 Å². The summed E-state index contributed by atoms with van der Waals surface area (Å²) in [6.07, 6.45) is 10.5. The van der Waals surface area contributed by atoms with E-state index < -0.39 is 5.97 Å². The predicted octanol–water partition coefficient (Wildman–Crippen LogP) is 3.75. The van der Waals surface area contributed by atoms with Gasteiger partial charge in [0.15, 0.2) is 0 Å². The van der Waals surface area contributed by atoms with E-state index in [0.29, 0.717) is 29.4 Å². The van der Waals surface area contributed by atoms with Crippen molar-refractivity contribution in [3.05, 3.63) is 11.6 Å². The van der Waals surface area contributed by atoms with Crippen LogP contribution in [0, 0.1) is 16.7 Å². The van der Waals surface area contributed by atoms with Crippen LogP contribution in [0.4, 0.5) is 0 Å². The lowest BCUT2D eigenvalue weighted by Gasteiger charge is -2.65. The fraction of sp³-hybridized carbons (Fsp3) is 0.833. The number of rotatable bonds is 5. The molecule has 0 spiro atoms. The first-order chi connectivity index (χ1) is 9.77. The molecule has 0 radical (unpaired) electrons. The summed E-state index contributed by atoms with van der Waals surface area (Å²) in [6.45, 7) is 7.55. The van der Waals surface area contributed by atoms with Crippen molar-refractivity contribution in [1.82, 2.24) is 5.32 Å². The van der Waals surface area contributed by atoms with Crippen LogP contribution < -0.4 is 5.32 Å². The molecule has 0 amide bonds. The van der Waals surface area contributed by atoms with Gasteiger partial charge in [-0.25, -0.2) is 4.79 Å². The predicted molar refractivity (Wildman–Crippen MR) is 84.1 cm³/mol. The lowest BCUT2D eigenvalue weighted by atomic mass is 9.43. The average molecular weight is 291 g/mol. The van der Waals surface area contributed by atoms with Crippen LogP contribution in [0.1, 0.15) is 65.7 Å². The number of carboxylic acids is 1. The van der Waals surface area contributed by atoms with Gasteiger partial charge in [-0.1, -0.05) is 26.8 Å². The Kier molecular flexibility index (Phi) is 3.47. The SMILES string of the molecule is CCC(=CCNC12CC3CC(C)(CC(C)(C3)C1)C2)C(=O)O. The molecule has 4 aliphatic carbocycles. The molecule has 3 nitrogen and oxygen atoms in total. The number of hydrogen-bond donors (Lipinski definition) is 2. The Morgan fingerprint density at radius 3 is 2.29 bits per heavy atom. The molecule has 0 aromatic rings. The number of carboxylic acid groups (broad SMARTS) is 1. The molecule has 0 saturated heterocycles. The molecule has 4 aliphatic rings. The molecule has 3 heteroatoms. The maximum absolute atomic E-state index is 11.1. The topological polar surface area (TPSA) is 49.3 Å². The second-order valence-corrected chi connectivity index (χ2v) is 8.68. The number of nitrogens with one attached hydrogen (secondary N) is 1. The van der Waals surface area contributed by atoms with Crippen molar-refractivity contribution >= 4 is 5.97 Å². The maximum atomic E-state index is 11.1. The zero-order chi connectivity index (χ0) is 15.3. The Labute approximate surface area is 128 Å². The molecule has 0 heterocycles. The van der Waals surface area contributed by atoms with E-state index in [9.17, 15) is 4.79 Å². The molecule has 4 bridgehead atoms. The maximum Gasteiger partial charge on any atom is 0.331 e. The van der Waals surface area contributed by atoms with Crippen LogP contribution >= 0.6 is 0 Å². The Morgan fingerprint density at radius 1 is 1.19 bits per heavy atom. The van der Waals surface area contributed by atoms with E-state index in [2.05, 4.69) is 19.2 Å². The van der Waals surface area contributed by atoms with Gasteiger partial charge >= 0.3 is 5.97 Å².